The Morgan fingerprint density at radius 2 is 1.96 bits per heavy atom. The number of nitrogens with zero attached hydrogens (tertiary/aromatic N) is 1. The normalized spacial score (nSPS) is 11.0. The third-order valence-electron chi connectivity index (χ3n) is 3.79. The van der Waals surface area contributed by atoms with E-state index in [9.17, 15) is 4.79 Å². The van der Waals surface area contributed by atoms with E-state index < -0.39 is 0 Å². The lowest BCUT2D eigenvalue weighted by molar-refractivity contribution is -0.123. The first kappa shape index (κ1) is 20.0. The van der Waals surface area contributed by atoms with E-state index in [0.717, 1.165) is 32.7 Å². The van der Waals surface area contributed by atoms with Gasteiger partial charge in [-0.25, -0.2) is 5.43 Å². The Morgan fingerprint density at radius 1 is 1.27 bits per heavy atom. The van der Waals surface area contributed by atoms with Gasteiger partial charge in [-0.1, -0.05) is 29.8 Å². The number of ether oxygens (including phenoxy) is 2. The van der Waals surface area contributed by atoms with E-state index in [1.54, 1.807) is 13.3 Å². The number of amides is 1. The lowest BCUT2D eigenvalue weighted by Gasteiger charge is -2.15. The van der Waals surface area contributed by atoms with Crippen LogP contribution in [0.4, 0.5) is 0 Å². The molecule has 0 aliphatic rings. The Morgan fingerprint density at radius 3 is 2.58 bits per heavy atom. The number of carbonyl (C=O) groups excluding carboxylic acids is 1. The number of hydrogen-bond donors (Lipinski definition) is 1. The van der Waals surface area contributed by atoms with Gasteiger partial charge in [0.1, 0.15) is 11.5 Å². The molecule has 2 aromatic carbocycles. The molecule has 6 heteroatoms. The first-order chi connectivity index (χ1) is 12.4. The molecular formula is C20H23BrN2O3. The SMILES string of the molecule is COc1ccc(/C=N/NC(=O)COc2cc(C)c(Br)cc2C(C)C)cc1. The van der Waals surface area contributed by atoms with Gasteiger partial charge in [-0.15, -0.1) is 0 Å². The second-order valence-corrected chi connectivity index (χ2v) is 7.00. The maximum atomic E-state index is 12.0. The van der Waals surface area contributed by atoms with Gasteiger partial charge in [0.25, 0.3) is 5.91 Å². The van der Waals surface area contributed by atoms with E-state index in [2.05, 4.69) is 40.3 Å². The highest BCUT2D eigenvalue weighted by Crippen LogP contribution is 2.32. The summed E-state index contributed by atoms with van der Waals surface area (Å²) in [4.78, 5) is 12.0. The van der Waals surface area contributed by atoms with Crippen molar-refractivity contribution < 1.29 is 14.3 Å². The van der Waals surface area contributed by atoms with Crippen molar-refractivity contribution in [1.29, 1.82) is 0 Å². The summed E-state index contributed by atoms with van der Waals surface area (Å²) < 4.78 is 11.8. The molecule has 0 bridgehead atoms. The molecule has 0 unspecified atom stereocenters. The van der Waals surface area contributed by atoms with Gasteiger partial charge in [0.2, 0.25) is 0 Å². The van der Waals surface area contributed by atoms with Gasteiger partial charge in [0, 0.05) is 4.47 Å². The summed E-state index contributed by atoms with van der Waals surface area (Å²) >= 11 is 3.53. The number of nitrogens with one attached hydrogen (secondary N) is 1. The molecule has 0 fully saturated rings. The minimum absolute atomic E-state index is 0.0965. The summed E-state index contributed by atoms with van der Waals surface area (Å²) in [5.41, 5.74) is 5.44. The maximum absolute atomic E-state index is 12.0. The van der Waals surface area contributed by atoms with Crippen molar-refractivity contribution in [2.75, 3.05) is 13.7 Å². The smallest absolute Gasteiger partial charge is 0.277 e. The highest BCUT2D eigenvalue weighted by Gasteiger charge is 2.12. The zero-order chi connectivity index (χ0) is 19.1. The number of methoxy groups -OCH3 is 1. The summed E-state index contributed by atoms with van der Waals surface area (Å²) in [7, 11) is 1.61. The van der Waals surface area contributed by atoms with Crippen LogP contribution in [0.15, 0.2) is 46.0 Å². The Balaban J connectivity index is 1.92. The Labute approximate surface area is 162 Å². The van der Waals surface area contributed by atoms with Crippen LogP contribution in [0.2, 0.25) is 0 Å². The largest absolute Gasteiger partial charge is 0.497 e. The quantitative estimate of drug-likeness (QED) is 0.534. The van der Waals surface area contributed by atoms with Gasteiger partial charge in [0.05, 0.1) is 13.3 Å². The van der Waals surface area contributed by atoms with Gasteiger partial charge in [-0.2, -0.15) is 5.10 Å². The molecule has 0 heterocycles. The number of hydrogen-bond acceptors (Lipinski definition) is 4. The highest BCUT2D eigenvalue weighted by atomic mass is 79.9. The maximum Gasteiger partial charge on any atom is 0.277 e. The van der Waals surface area contributed by atoms with Crippen LogP contribution in [0.5, 0.6) is 11.5 Å². The van der Waals surface area contributed by atoms with Crippen LogP contribution >= 0.6 is 15.9 Å². The van der Waals surface area contributed by atoms with Crippen LogP contribution in [0.3, 0.4) is 0 Å². The van der Waals surface area contributed by atoms with Crippen molar-refractivity contribution in [2.45, 2.75) is 26.7 Å². The predicted molar refractivity (Wildman–Crippen MR) is 107 cm³/mol. The third kappa shape index (κ3) is 5.59. The molecule has 0 aliphatic carbocycles. The second kappa shape index (κ2) is 9.38. The third-order valence-corrected chi connectivity index (χ3v) is 4.64. The summed E-state index contributed by atoms with van der Waals surface area (Å²) in [6.07, 6.45) is 1.57. The number of halogens is 1. The monoisotopic (exact) mass is 418 g/mol. The molecule has 1 amide bonds. The molecule has 0 radical (unpaired) electrons. The number of carbonyl (C=O) groups is 1. The van der Waals surface area contributed by atoms with E-state index in [1.807, 2.05) is 43.3 Å². The molecule has 0 aromatic heterocycles. The average molecular weight is 419 g/mol. The van der Waals surface area contributed by atoms with Crippen LogP contribution in [0, 0.1) is 6.92 Å². The van der Waals surface area contributed by atoms with E-state index in [-0.39, 0.29) is 18.4 Å². The predicted octanol–water partition coefficient (Wildman–Crippen LogP) is 4.42. The van der Waals surface area contributed by atoms with Gasteiger partial charge < -0.3 is 9.47 Å². The number of aryl methyl sites for hydroxylation is 1. The van der Waals surface area contributed by atoms with Crippen LogP contribution < -0.4 is 14.9 Å². The van der Waals surface area contributed by atoms with Gasteiger partial charge >= 0.3 is 0 Å². The molecule has 2 rings (SSSR count). The minimum atomic E-state index is -0.315. The van der Waals surface area contributed by atoms with Crippen molar-refractivity contribution in [2.24, 2.45) is 5.10 Å². The van der Waals surface area contributed by atoms with Crippen molar-refractivity contribution in [3.05, 3.63) is 57.6 Å². The van der Waals surface area contributed by atoms with Crippen LogP contribution in [-0.4, -0.2) is 25.8 Å². The first-order valence-electron chi connectivity index (χ1n) is 8.29. The molecule has 26 heavy (non-hydrogen) atoms. The first-order valence-corrected chi connectivity index (χ1v) is 9.08. The lowest BCUT2D eigenvalue weighted by atomic mass is 10.0. The van der Waals surface area contributed by atoms with Gasteiger partial charge in [-0.05, 0) is 65.9 Å². The average Bonchev–Trinajstić information content (AvgIpc) is 2.62. The molecule has 1 N–H and O–H groups in total. The zero-order valence-corrected chi connectivity index (χ0v) is 17.0. The van der Waals surface area contributed by atoms with Crippen LogP contribution in [-0.2, 0) is 4.79 Å². The van der Waals surface area contributed by atoms with Gasteiger partial charge in [0.15, 0.2) is 6.61 Å². The summed E-state index contributed by atoms with van der Waals surface area (Å²) in [6.45, 7) is 6.06. The Hall–Kier alpha value is -2.34. The minimum Gasteiger partial charge on any atom is -0.497 e. The Bertz CT molecular complexity index is 786. The summed E-state index contributed by atoms with van der Waals surface area (Å²) in [5, 5.41) is 3.95. The van der Waals surface area contributed by atoms with E-state index >= 15 is 0 Å². The number of rotatable bonds is 7. The molecule has 0 atom stereocenters. The molecule has 138 valence electrons. The molecule has 2 aromatic rings. The fraction of sp³-hybridized carbons (Fsp3) is 0.300. The summed E-state index contributed by atoms with van der Waals surface area (Å²) in [5.74, 6) is 1.46. The molecule has 5 nitrogen and oxygen atoms in total. The summed E-state index contributed by atoms with van der Waals surface area (Å²) in [6, 6.07) is 11.3. The molecule has 0 aliphatic heterocycles. The van der Waals surface area contributed by atoms with E-state index in [0.29, 0.717) is 0 Å². The number of benzene rings is 2. The van der Waals surface area contributed by atoms with Crippen molar-refractivity contribution >= 4 is 28.1 Å². The Kier molecular flexibility index (Phi) is 7.21. The van der Waals surface area contributed by atoms with Crippen molar-refractivity contribution in [1.82, 2.24) is 5.43 Å². The second-order valence-electron chi connectivity index (χ2n) is 6.15. The van der Waals surface area contributed by atoms with Gasteiger partial charge in [-0.3, -0.25) is 4.79 Å². The van der Waals surface area contributed by atoms with Crippen molar-refractivity contribution in [3.63, 3.8) is 0 Å². The molecule has 0 saturated carbocycles. The fourth-order valence-electron chi connectivity index (χ4n) is 2.29. The number of hydrazone groups is 1. The fourth-order valence-corrected chi connectivity index (χ4v) is 2.65. The van der Waals surface area contributed by atoms with Crippen molar-refractivity contribution in [3.8, 4) is 11.5 Å². The molecular weight excluding hydrogens is 396 g/mol. The zero-order valence-electron chi connectivity index (χ0n) is 15.4. The lowest BCUT2D eigenvalue weighted by Crippen LogP contribution is -2.25. The topological polar surface area (TPSA) is 59.9 Å². The molecule has 0 saturated heterocycles. The highest BCUT2D eigenvalue weighted by molar-refractivity contribution is 9.10. The molecule has 0 spiro atoms. The van der Waals surface area contributed by atoms with Crippen LogP contribution in [0.1, 0.15) is 36.5 Å². The van der Waals surface area contributed by atoms with E-state index in [4.69, 9.17) is 9.47 Å². The van der Waals surface area contributed by atoms with E-state index in [1.165, 1.54) is 0 Å². The standard InChI is InChI=1S/C20H23BrN2O3/c1-13(2)17-10-18(21)14(3)9-19(17)26-12-20(24)23-22-11-15-5-7-16(25-4)8-6-15/h5-11,13H,12H2,1-4H3,(H,23,24)/b22-11+. The van der Waals surface area contributed by atoms with Crippen LogP contribution in [0.25, 0.3) is 0 Å².